The Balaban J connectivity index is 1.45. The molecule has 1 aliphatic rings. The third-order valence-corrected chi connectivity index (χ3v) is 5.55. The van der Waals surface area contributed by atoms with Gasteiger partial charge in [-0.25, -0.2) is 4.68 Å². The minimum Gasteiger partial charge on any atom is -0.494 e. The maximum absolute atomic E-state index is 12.9. The SMILES string of the molecule is CCOc1ccc(C(=O)N2CCN(c3c(C)nn(-c4ccccc4)c3C)CC2)cc1. The minimum absolute atomic E-state index is 0.0751. The zero-order valence-electron chi connectivity index (χ0n) is 17.8. The van der Waals surface area contributed by atoms with E-state index in [9.17, 15) is 4.79 Å². The molecule has 0 aliphatic carbocycles. The second-order valence-electron chi connectivity index (χ2n) is 7.50. The summed E-state index contributed by atoms with van der Waals surface area (Å²) in [6.07, 6.45) is 0. The first-order valence-corrected chi connectivity index (χ1v) is 10.5. The summed E-state index contributed by atoms with van der Waals surface area (Å²) in [5, 5.41) is 4.76. The van der Waals surface area contributed by atoms with Crippen molar-refractivity contribution in [2.45, 2.75) is 20.8 Å². The summed E-state index contributed by atoms with van der Waals surface area (Å²) in [6, 6.07) is 17.6. The third kappa shape index (κ3) is 3.90. The summed E-state index contributed by atoms with van der Waals surface area (Å²) in [4.78, 5) is 17.2. The van der Waals surface area contributed by atoms with Gasteiger partial charge in [0, 0.05) is 31.7 Å². The van der Waals surface area contributed by atoms with E-state index in [0.29, 0.717) is 25.3 Å². The monoisotopic (exact) mass is 404 g/mol. The van der Waals surface area contributed by atoms with Crippen LogP contribution in [0.3, 0.4) is 0 Å². The Hall–Kier alpha value is -3.28. The quantitative estimate of drug-likeness (QED) is 0.648. The van der Waals surface area contributed by atoms with Gasteiger partial charge in [-0.2, -0.15) is 5.10 Å². The Morgan fingerprint density at radius 1 is 0.967 bits per heavy atom. The van der Waals surface area contributed by atoms with E-state index >= 15 is 0 Å². The molecule has 4 rings (SSSR count). The average Bonchev–Trinajstić information content (AvgIpc) is 3.08. The zero-order valence-corrected chi connectivity index (χ0v) is 17.8. The van der Waals surface area contributed by atoms with E-state index in [1.54, 1.807) is 0 Å². The molecule has 0 radical (unpaired) electrons. The van der Waals surface area contributed by atoms with Crippen LogP contribution in [-0.4, -0.2) is 53.4 Å². The van der Waals surface area contributed by atoms with Crippen LogP contribution in [0.15, 0.2) is 54.6 Å². The van der Waals surface area contributed by atoms with E-state index in [1.807, 2.05) is 59.0 Å². The first-order chi connectivity index (χ1) is 14.6. The Bertz CT molecular complexity index is 1000. The van der Waals surface area contributed by atoms with Gasteiger partial charge < -0.3 is 14.5 Å². The van der Waals surface area contributed by atoms with Gasteiger partial charge in [-0.1, -0.05) is 18.2 Å². The van der Waals surface area contributed by atoms with Crippen molar-refractivity contribution in [3.05, 3.63) is 71.5 Å². The van der Waals surface area contributed by atoms with Crippen molar-refractivity contribution in [1.82, 2.24) is 14.7 Å². The van der Waals surface area contributed by atoms with Crippen LogP contribution in [0, 0.1) is 13.8 Å². The van der Waals surface area contributed by atoms with Crippen molar-refractivity contribution in [2.75, 3.05) is 37.7 Å². The zero-order chi connectivity index (χ0) is 21.1. The highest BCUT2D eigenvalue weighted by molar-refractivity contribution is 5.94. The molecular formula is C24H28N4O2. The summed E-state index contributed by atoms with van der Waals surface area (Å²) in [7, 11) is 0. The molecule has 30 heavy (non-hydrogen) atoms. The first-order valence-electron chi connectivity index (χ1n) is 10.5. The van der Waals surface area contributed by atoms with Crippen LogP contribution in [0.25, 0.3) is 5.69 Å². The molecule has 3 aromatic rings. The van der Waals surface area contributed by atoms with Crippen LogP contribution in [0.4, 0.5) is 5.69 Å². The van der Waals surface area contributed by atoms with Crippen LogP contribution >= 0.6 is 0 Å². The van der Waals surface area contributed by atoms with Gasteiger partial charge in [-0.3, -0.25) is 4.79 Å². The minimum atomic E-state index is 0.0751. The maximum atomic E-state index is 12.9. The molecule has 1 fully saturated rings. The van der Waals surface area contributed by atoms with Crippen LogP contribution in [0.1, 0.15) is 28.7 Å². The lowest BCUT2D eigenvalue weighted by atomic mass is 10.1. The standard InChI is InChI=1S/C24H28N4O2/c1-4-30-22-12-10-20(11-13-22)24(29)27-16-14-26(15-17-27)23-18(2)25-28(19(23)3)21-8-6-5-7-9-21/h5-13H,4,14-17H2,1-3H3. The number of aromatic nitrogens is 2. The van der Waals surface area contributed by atoms with Crippen LogP contribution in [0.2, 0.25) is 0 Å². The fraction of sp³-hybridized carbons (Fsp3) is 0.333. The van der Waals surface area contributed by atoms with E-state index in [-0.39, 0.29) is 5.91 Å². The molecular weight excluding hydrogens is 376 g/mol. The average molecular weight is 405 g/mol. The molecule has 2 aromatic carbocycles. The smallest absolute Gasteiger partial charge is 0.253 e. The number of hydrogen-bond acceptors (Lipinski definition) is 4. The number of ether oxygens (including phenoxy) is 1. The van der Waals surface area contributed by atoms with Crippen LogP contribution in [-0.2, 0) is 0 Å². The van der Waals surface area contributed by atoms with Crippen molar-refractivity contribution < 1.29 is 9.53 Å². The van der Waals surface area contributed by atoms with Gasteiger partial charge in [0.2, 0.25) is 0 Å². The van der Waals surface area contributed by atoms with Crippen LogP contribution < -0.4 is 9.64 Å². The highest BCUT2D eigenvalue weighted by Gasteiger charge is 2.26. The van der Waals surface area contributed by atoms with E-state index < -0.39 is 0 Å². The van der Waals surface area contributed by atoms with Crippen molar-refractivity contribution in [3.63, 3.8) is 0 Å². The predicted molar refractivity (Wildman–Crippen MR) is 119 cm³/mol. The maximum Gasteiger partial charge on any atom is 0.253 e. The molecule has 2 heterocycles. The first kappa shape index (κ1) is 20.0. The van der Waals surface area contributed by atoms with E-state index in [0.717, 1.165) is 35.9 Å². The highest BCUT2D eigenvalue weighted by Crippen LogP contribution is 2.28. The number of carbonyl (C=O) groups is 1. The van der Waals surface area contributed by atoms with Crippen LogP contribution in [0.5, 0.6) is 5.75 Å². The molecule has 0 saturated carbocycles. The molecule has 0 unspecified atom stereocenters. The summed E-state index contributed by atoms with van der Waals surface area (Å²) >= 11 is 0. The number of rotatable bonds is 5. The number of amides is 1. The second-order valence-corrected chi connectivity index (χ2v) is 7.50. The van der Waals surface area contributed by atoms with Gasteiger partial charge in [-0.15, -0.1) is 0 Å². The molecule has 1 saturated heterocycles. The van der Waals surface area contributed by atoms with E-state index in [4.69, 9.17) is 9.84 Å². The molecule has 1 aromatic heterocycles. The van der Waals surface area contributed by atoms with Gasteiger partial charge >= 0.3 is 0 Å². The normalized spacial score (nSPS) is 14.1. The fourth-order valence-electron chi connectivity index (χ4n) is 4.09. The Labute approximate surface area is 177 Å². The largest absolute Gasteiger partial charge is 0.494 e. The van der Waals surface area contributed by atoms with E-state index in [2.05, 4.69) is 30.9 Å². The van der Waals surface area contributed by atoms with Gasteiger partial charge in [0.1, 0.15) is 5.75 Å². The highest BCUT2D eigenvalue weighted by atomic mass is 16.5. The van der Waals surface area contributed by atoms with Crippen molar-refractivity contribution in [3.8, 4) is 11.4 Å². The van der Waals surface area contributed by atoms with Gasteiger partial charge in [0.05, 0.1) is 29.4 Å². The molecule has 0 N–H and O–H groups in total. The summed E-state index contributed by atoms with van der Waals surface area (Å²) < 4.78 is 7.47. The predicted octanol–water partition coefficient (Wildman–Crippen LogP) is 3.85. The lowest BCUT2D eigenvalue weighted by Gasteiger charge is -2.36. The Morgan fingerprint density at radius 2 is 1.63 bits per heavy atom. The Kier molecular flexibility index (Phi) is 5.74. The summed E-state index contributed by atoms with van der Waals surface area (Å²) in [5.74, 6) is 0.867. The lowest BCUT2D eigenvalue weighted by Crippen LogP contribution is -2.49. The molecule has 156 valence electrons. The molecule has 1 amide bonds. The van der Waals surface area contributed by atoms with Crippen molar-refractivity contribution >= 4 is 11.6 Å². The topological polar surface area (TPSA) is 50.6 Å². The molecule has 0 atom stereocenters. The number of piperazine rings is 1. The third-order valence-electron chi connectivity index (χ3n) is 5.55. The molecule has 6 heteroatoms. The number of nitrogens with zero attached hydrogens (tertiary/aromatic N) is 4. The second kappa shape index (κ2) is 8.61. The number of para-hydroxylation sites is 1. The number of anilines is 1. The molecule has 1 aliphatic heterocycles. The number of benzene rings is 2. The fourth-order valence-corrected chi connectivity index (χ4v) is 4.09. The summed E-state index contributed by atoms with van der Waals surface area (Å²) in [5.41, 5.74) is 5.09. The van der Waals surface area contributed by atoms with E-state index in [1.165, 1.54) is 5.69 Å². The molecule has 6 nitrogen and oxygen atoms in total. The van der Waals surface area contributed by atoms with Crippen molar-refractivity contribution in [1.29, 1.82) is 0 Å². The van der Waals surface area contributed by atoms with Gasteiger partial charge in [-0.05, 0) is 57.2 Å². The van der Waals surface area contributed by atoms with Gasteiger partial charge in [0.25, 0.3) is 5.91 Å². The summed E-state index contributed by atoms with van der Waals surface area (Å²) in [6.45, 7) is 9.72. The van der Waals surface area contributed by atoms with Crippen molar-refractivity contribution in [2.24, 2.45) is 0 Å². The number of hydrogen-bond donors (Lipinski definition) is 0. The lowest BCUT2D eigenvalue weighted by molar-refractivity contribution is 0.0746. The van der Waals surface area contributed by atoms with Gasteiger partial charge in [0.15, 0.2) is 0 Å². The Morgan fingerprint density at radius 3 is 2.27 bits per heavy atom. The molecule has 0 spiro atoms. The molecule has 0 bridgehead atoms. The number of aryl methyl sites for hydroxylation is 1. The number of carbonyl (C=O) groups excluding carboxylic acids is 1.